The summed E-state index contributed by atoms with van der Waals surface area (Å²) in [6.07, 6.45) is 10.9. The highest BCUT2D eigenvalue weighted by atomic mass is 32.2. The maximum Gasteiger partial charge on any atom is 0.410 e. The molecule has 13 heteroatoms. The molecule has 3 saturated carbocycles. The number of carbonyl (C=O) groups excluding carboxylic acids is 2. The number of fused-ring (bicyclic) bond motifs is 1. The van der Waals surface area contributed by atoms with E-state index in [1.165, 1.54) is 37.8 Å². The van der Waals surface area contributed by atoms with E-state index in [1.54, 1.807) is 35.1 Å². The quantitative estimate of drug-likeness (QED) is 0.0971. The zero-order valence-corrected chi connectivity index (χ0v) is 31.0. The van der Waals surface area contributed by atoms with Crippen molar-refractivity contribution in [1.82, 2.24) is 24.4 Å². The van der Waals surface area contributed by atoms with Crippen LogP contribution in [0.5, 0.6) is 11.8 Å². The van der Waals surface area contributed by atoms with Gasteiger partial charge in [0, 0.05) is 43.0 Å². The van der Waals surface area contributed by atoms with Gasteiger partial charge in [-0.3, -0.25) is 9.52 Å². The highest BCUT2D eigenvalue weighted by molar-refractivity contribution is 7.93. The van der Waals surface area contributed by atoms with Crippen molar-refractivity contribution in [3.05, 3.63) is 60.0 Å². The molecule has 4 fully saturated rings. The number of nitrogens with one attached hydrogen (secondary N) is 2. The number of nitrogens with zero attached hydrogens (tertiary/aromatic N) is 4. The predicted octanol–water partition coefficient (Wildman–Crippen LogP) is 7.97. The van der Waals surface area contributed by atoms with E-state index in [2.05, 4.69) is 34.0 Å². The van der Waals surface area contributed by atoms with Crippen LogP contribution in [0.15, 0.2) is 48.7 Å². The fourth-order valence-electron chi connectivity index (χ4n) is 8.54. The third-order valence-corrected chi connectivity index (χ3v) is 11.7. The number of halogens is 1. The first-order valence-corrected chi connectivity index (χ1v) is 18.9. The summed E-state index contributed by atoms with van der Waals surface area (Å²) < 4.78 is 36.2. The topological polar surface area (TPSA) is 120 Å². The highest BCUT2D eigenvalue weighted by Crippen LogP contribution is 2.93. The summed E-state index contributed by atoms with van der Waals surface area (Å²) >= 11 is 0.670. The number of carbonyl (C=O) groups is 2. The number of benzene rings is 1. The molecule has 3 heterocycles. The molecule has 11 nitrogen and oxygen atoms in total. The molecule has 2 spiro atoms. The molecule has 7 rings (SSSR count). The van der Waals surface area contributed by atoms with E-state index in [0.717, 1.165) is 31.6 Å². The van der Waals surface area contributed by atoms with Crippen LogP contribution in [0.1, 0.15) is 96.3 Å². The van der Waals surface area contributed by atoms with Gasteiger partial charge in [0.25, 0.3) is 5.91 Å². The summed E-state index contributed by atoms with van der Waals surface area (Å²) in [5, 5.41) is 7.76. The van der Waals surface area contributed by atoms with Gasteiger partial charge in [-0.1, -0.05) is 6.07 Å². The van der Waals surface area contributed by atoms with Crippen molar-refractivity contribution in [2.75, 3.05) is 25.0 Å². The number of ether oxygens (including phenoxy) is 2. The number of anilines is 1. The minimum absolute atomic E-state index is 0.117. The van der Waals surface area contributed by atoms with Crippen LogP contribution in [0.25, 0.3) is 5.69 Å². The molecule has 1 unspecified atom stereocenters. The van der Waals surface area contributed by atoms with Crippen molar-refractivity contribution in [2.45, 2.75) is 97.1 Å². The zero-order chi connectivity index (χ0) is 36.0. The summed E-state index contributed by atoms with van der Waals surface area (Å²) in [6.45, 7) is 11.9. The van der Waals surface area contributed by atoms with Gasteiger partial charge >= 0.3 is 6.09 Å². The number of aromatic nitrogens is 3. The summed E-state index contributed by atoms with van der Waals surface area (Å²) in [5.41, 5.74) is 0.930. The third-order valence-electron chi connectivity index (χ3n) is 11.2. The Hall–Kier alpha value is -4.00. The van der Waals surface area contributed by atoms with Gasteiger partial charge in [-0.25, -0.2) is 13.9 Å². The molecule has 274 valence electrons. The first kappa shape index (κ1) is 35.4. The molecule has 2 N–H and O–H groups in total. The van der Waals surface area contributed by atoms with Crippen LogP contribution < -0.4 is 19.0 Å². The number of amides is 2. The van der Waals surface area contributed by atoms with Gasteiger partial charge in [-0.15, -0.1) is 5.10 Å². The largest absolute Gasteiger partial charge is 0.477 e. The van der Waals surface area contributed by atoms with Gasteiger partial charge < -0.3 is 23.9 Å². The minimum Gasteiger partial charge on any atom is -0.477 e. The molecule has 0 radical (unpaired) electrons. The molecule has 3 aliphatic carbocycles. The standard InChI is InChI=1S/C38H49FN6O5S/c1-35(2,3)49-34(47)44-24-25(23-36(44,4)5)8-7-19-40-30-9-6-10-31(41-30)50-51-43-33(46)27-12-11-26(22-28(27)39)45-20-13-32(42-45)48-21-14-29-37(15-16-37)38(29)17-18-38/h6,9-13,20,22,25,29H,7-8,14-19,21,23-24H2,1-5H3,(H,40,41)(H,43,46). The molecule has 1 atom stereocenters. The fraction of sp³-hybridized carbons (Fsp3) is 0.579. The lowest BCUT2D eigenvalue weighted by Crippen LogP contribution is -2.45. The second-order valence-electron chi connectivity index (χ2n) is 16.3. The molecular formula is C38H49FN6O5S. The van der Waals surface area contributed by atoms with Crippen molar-refractivity contribution in [3.8, 4) is 17.4 Å². The van der Waals surface area contributed by atoms with Gasteiger partial charge in [0.1, 0.15) is 17.2 Å². The molecular weight excluding hydrogens is 672 g/mol. The Morgan fingerprint density at radius 3 is 2.51 bits per heavy atom. The fourth-order valence-corrected chi connectivity index (χ4v) is 8.94. The van der Waals surface area contributed by atoms with Crippen LogP contribution in [-0.2, 0) is 4.74 Å². The van der Waals surface area contributed by atoms with Crippen LogP contribution in [0.4, 0.5) is 15.0 Å². The molecule has 1 aromatic carbocycles. The van der Waals surface area contributed by atoms with Gasteiger partial charge in [-0.2, -0.15) is 4.98 Å². The Morgan fingerprint density at radius 1 is 1.04 bits per heavy atom. The number of hydrogen-bond donors (Lipinski definition) is 2. The Morgan fingerprint density at radius 2 is 1.80 bits per heavy atom. The van der Waals surface area contributed by atoms with E-state index < -0.39 is 17.3 Å². The van der Waals surface area contributed by atoms with E-state index in [0.29, 0.717) is 71.9 Å². The van der Waals surface area contributed by atoms with E-state index in [9.17, 15) is 9.59 Å². The van der Waals surface area contributed by atoms with Crippen LogP contribution in [0.3, 0.4) is 0 Å². The molecule has 2 aromatic heterocycles. The summed E-state index contributed by atoms with van der Waals surface area (Å²) in [6, 6.07) is 11.4. The molecule has 51 heavy (non-hydrogen) atoms. The number of rotatable bonds is 14. The normalized spacial score (nSPS) is 20.7. The van der Waals surface area contributed by atoms with Crippen LogP contribution in [0.2, 0.25) is 0 Å². The summed E-state index contributed by atoms with van der Waals surface area (Å²) in [5.74, 6) is 1.34. The smallest absolute Gasteiger partial charge is 0.410 e. The van der Waals surface area contributed by atoms with Crippen molar-refractivity contribution in [3.63, 3.8) is 0 Å². The van der Waals surface area contributed by atoms with E-state index in [4.69, 9.17) is 13.7 Å². The van der Waals surface area contributed by atoms with Crippen LogP contribution >= 0.6 is 12.2 Å². The maximum absolute atomic E-state index is 15.0. The molecule has 4 aliphatic rings. The van der Waals surface area contributed by atoms with E-state index >= 15 is 4.39 Å². The third kappa shape index (κ3) is 7.64. The monoisotopic (exact) mass is 720 g/mol. The molecule has 2 amide bonds. The predicted molar refractivity (Wildman–Crippen MR) is 193 cm³/mol. The second kappa shape index (κ2) is 13.5. The van der Waals surface area contributed by atoms with Gasteiger partial charge in [0.05, 0.1) is 17.9 Å². The van der Waals surface area contributed by atoms with E-state index in [1.807, 2.05) is 31.7 Å². The Labute approximate surface area is 303 Å². The van der Waals surface area contributed by atoms with Gasteiger partial charge in [0.2, 0.25) is 11.8 Å². The lowest BCUT2D eigenvalue weighted by Gasteiger charge is -2.33. The molecule has 1 aliphatic heterocycles. The average Bonchev–Trinajstić information content (AvgIpc) is 4.02. The lowest BCUT2D eigenvalue weighted by atomic mass is 9.93. The Kier molecular flexibility index (Phi) is 9.39. The first-order valence-electron chi connectivity index (χ1n) is 18.1. The Bertz CT molecular complexity index is 1750. The number of likely N-dealkylation sites (tertiary alicyclic amines) is 1. The number of hydrogen-bond acceptors (Lipinski definition) is 9. The van der Waals surface area contributed by atoms with E-state index in [-0.39, 0.29) is 17.2 Å². The Balaban J connectivity index is 0.816. The van der Waals surface area contributed by atoms with Gasteiger partial charge in [0.15, 0.2) is 12.2 Å². The summed E-state index contributed by atoms with van der Waals surface area (Å²) in [4.78, 5) is 31.8. The first-order chi connectivity index (χ1) is 24.3. The average molecular weight is 721 g/mol. The van der Waals surface area contributed by atoms with Crippen molar-refractivity contribution >= 4 is 30.0 Å². The van der Waals surface area contributed by atoms with Crippen LogP contribution in [0, 0.1) is 28.5 Å². The minimum atomic E-state index is -0.676. The lowest BCUT2D eigenvalue weighted by molar-refractivity contribution is 0.0130. The van der Waals surface area contributed by atoms with Gasteiger partial charge in [-0.05, 0) is 127 Å². The highest BCUT2D eigenvalue weighted by Gasteiger charge is 2.85. The molecule has 0 bridgehead atoms. The van der Waals surface area contributed by atoms with Crippen molar-refractivity contribution < 1.29 is 27.6 Å². The van der Waals surface area contributed by atoms with Crippen molar-refractivity contribution in [1.29, 1.82) is 0 Å². The molecule has 3 aromatic rings. The summed E-state index contributed by atoms with van der Waals surface area (Å²) in [7, 11) is 0. The second-order valence-corrected chi connectivity index (χ2v) is 16.8. The maximum atomic E-state index is 15.0. The van der Waals surface area contributed by atoms with Crippen molar-refractivity contribution in [2.24, 2.45) is 22.7 Å². The SMILES string of the molecule is CC(C)(C)OC(=O)N1CC(CCCNc2cccc(OSNC(=O)c3ccc(-n4ccc(OCCC5C6(CC6)C56CC6)n4)cc3F)n2)CC1(C)C. The molecule has 1 saturated heterocycles. The number of pyridine rings is 1. The zero-order valence-electron chi connectivity index (χ0n) is 30.2. The van der Waals surface area contributed by atoms with Crippen LogP contribution in [-0.4, -0.2) is 62.5 Å².